The van der Waals surface area contributed by atoms with Gasteiger partial charge in [-0.1, -0.05) is 90.2 Å². The summed E-state index contributed by atoms with van der Waals surface area (Å²) in [5, 5.41) is 1.53. The number of esters is 4. The summed E-state index contributed by atoms with van der Waals surface area (Å²) in [4.78, 5) is 52.1. The smallest absolute Gasteiger partial charge is 0.343 e. The standard InChI is InChI=1S/C55H58O10/c1-4-6-8-10-12-14-36-60-45-25-18-41(19-26-45)52(56)62-47-29-22-43(23-30-47)54(58)65-51-35-24-40-16-17-44(38-50(40)39(51)3)55(59)64-48-27-20-42(21-28-48)53(57)63-49-33-31-46(32-34-49)61-37-15-13-11-9-7-5-2/h16-35,38H,4-15,36-37H2,1-3H3. The SMILES string of the molecule is CCCCCCCCOc1ccc(OC(=O)c2ccc(OC(=O)c3ccc4ccc(OC(=O)c5ccc(OC(=O)c6ccc(OCCCCCCCC)cc6)cc5)c(C)c4c3)cc2)cc1. The van der Waals surface area contributed by atoms with E-state index in [4.69, 9.17) is 28.4 Å². The van der Waals surface area contributed by atoms with Crippen molar-refractivity contribution in [3.63, 3.8) is 0 Å². The molecule has 6 rings (SSSR count). The molecule has 338 valence electrons. The van der Waals surface area contributed by atoms with Gasteiger partial charge >= 0.3 is 23.9 Å². The molecule has 10 heteroatoms. The van der Waals surface area contributed by atoms with Crippen LogP contribution in [-0.2, 0) is 0 Å². The maximum atomic E-state index is 13.3. The molecule has 0 saturated carbocycles. The molecule has 0 radical (unpaired) electrons. The zero-order valence-electron chi connectivity index (χ0n) is 37.6. The summed E-state index contributed by atoms with van der Waals surface area (Å²) in [5.41, 5.74) is 1.85. The number of aryl methyl sites for hydroxylation is 1. The monoisotopic (exact) mass is 878 g/mol. The molecule has 6 aromatic rings. The maximum absolute atomic E-state index is 13.3. The lowest BCUT2D eigenvalue weighted by molar-refractivity contribution is 0.0719. The molecule has 0 spiro atoms. The highest BCUT2D eigenvalue weighted by atomic mass is 16.5. The molecule has 0 fully saturated rings. The third-order valence-electron chi connectivity index (χ3n) is 10.9. The van der Waals surface area contributed by atoms with Crippen LogP contribution in [0.25, 0.3) is 10.8 Å². The van der Waals surface area contributed by atoms with Gasteiger partial charge in [0.2, 0.25) is 0 Å². The second-order valence-electron chi connectivity index (χ2n) is 16.0. The third kappa shape index (κ3) is 14.5. The van der Waals surface area contributed by atoms with Crippen molar-refractivity contribution >= 4 is 34.6 Å². The average molecular weight is 879 g/mol. The largest absolute Gasteiger partial charge is 0.494 e. The van der Waals surface area contributed by atoms with Crippen molar-refractivity contribution in [1.29, 1.82) is 0 Å². The van der Waals surface area contributed by atoms with Crippen molar-refractivity contribution in [2.24, 2.45) is 0 Å². The summed E-state index contributed by atoms with van der Waals surface area (Å²) < 4.78 is 34.1. The molecule has 0 aliphatic carbocycles. The Kier molecular flexibility index (Phi) is 18.1. The lowest BCUT2D eigenvalue weighted by Crippen LogP contribution is -2.11. The first kappa shape index (κ1) is 47.5. The van der Waals surface area contributed by atoms with Crippen LogP contribution in [0, 0.1) is 6.92 Å². The van der Waals surface area contributed by atoms with Gasteiger partial charge in [0.1, 0.15) is 34.5 Å². The number of ether oxygens (including phenoxy) is 6. The number of hydrogen-bond donors (Lipinski definition) is 0. The maximum Gasteiger partial charge on any atom is 0.343 e. The molecule has 10 nitrogen and oxygen atoms in total. The molecule has 6 aromatic carbocycles. The average Bonchev–Trinajstić information content (AvgIpc) is 3.33. The molecular weight excluding hydrogens is 821 g/mol. The van der Waals surface area contributed by atoms with Crippen molar-refractivity contribution in [3.05, 3.63) is 155 Å². The predicted octanol–water partition coefficient (Wildman–Crippen LogP) is 13.5. The van der Waals surface area contributed by atoms with Crippen molar-refractivity contribution < 1.29 is 47.6 Å². The molecule has 65 heavy (non-hydrogen) atoms. The second-order valence-corrected chi connectivity index (χ2v) is 16.0. The van der Waals surface area contributed by atoms with Crippen molar-refractivity contribution in [2.75, 3.05) is 13.2 Å². The van der Waals surface area contributed by atoms with Gasteiger partial charge in [-0.25, -0.2) is 19.2 Å². The minimum absolute atomic E-state index is 0.247. The van der Waals surface area contributed by atoms with E-state index >= 15 is 0 Å². The summed E-state index contributed by atoms with van der Waals surface area (Å²) in [5.74, 6) is 0.356. The predicted molar refractivity (Wildman–Crippen MR) is 252 cm³/mol. The molecule has 0 N–H and O–H groups in total. The van der Waals surface area contributed by atoms with E-state index in [0.717, 1.165) is 36.8 Å². The Labute approximate surface area is 381 Å². The first-order valence-corrected chi connectivity index (χ1v) is 22.8. The van der Waals surface area contributed by atoms with Gasteiger partial charge in [-0.05, 0) is 151 Å². The molecule has 0 aliphatic rings. The molecule has 0 bridgehead atoms. The molecule has 0 saturated heterocycles. The number of benzene rings is 6. The zero-order chi connectivity index (χ0) is 45.8. The van der Waals surface area contributed by atoms with Gasteiger partial charge < -0.3 is 28.4 Å². The van der Waals surface area contributed by atoms with Gasteiger partial charge in [0.05, 0.1) is 35.5 Å². The topological polar surface area (TPSA) is 124 Å². The fraction of sp³-hybridized carbons (Fsp3) is 0.309. The Morgan fingerprint density at radius 1 is 0.369 bits per heavy atom. The van der Waals surface area contributed by atoms with E-state index in [9.17, 15) is 19.2 Å². The molecular formula is C55H58O10. The summed E-state index contributed by atoms with van der Waals surface area (Å²) in [7, 11) is 0. The summed E-state index contributed by atoms with van der Waals surface area (Å²) in [6.45, 7) is 7.49. The lowest BCUT2D eigenvalue weighted by atomic mass is 10.0. The number of fused-ring (bicyclic) bond motifs is 1. The molecule has 0 aliphatic heterocycles. The van der Waals surface area contributed by atoms with Gasteiger partial charge in [0, 0.05) is 0 Å². The zero-order valence-corrected chi connectivity index (χ0v) is 37.6. The minimum Gasteiger partial charge on any atom is -0.494 e. The fourth-order valence-electron chi connectivity index (χ4n) is 7.10. The molecule has 0 atom stereocenters. The Balaban J connectivity index is 0.969. The van der Waals surface area contributed by atoms with Crippen molar-refractivity contribution in [1.82, 2.24) is 0 Å². The normalized spacial score (nSPS) is 10.9. The number of unbranched alkanes of at least 4 members (excludes halogenated alkanes) is 10. The number of carbonyl (C=O) groups is 4. The highest BCUT2D eigenvalue weighted by Gasteiger charge is 2.17. The Morgan fingerprint density at radius 3 is 1.17 bits per heavy atom. The number of rotatable bonds is 24. The van der Waals surface area contributed by atoms with E-state index in [1.54, 1.807) is 85.8 Å². The quantitative estimate of drug-likeness (QED) is 0.0330. The van der Waals surface area contributed by atoms with Gasteiger partial charge in [0.15, 0.2) is 0 Å². The van der Waals surface area contributed by atoms with E-state index < -0.39 is 23.9 Å². The second kappa shape index (κ2) is 24.8. The van der Waals surface area contributed by atoms with Crippen LogP contribution in [0.5, 0.6) is 34.5 Å². The van der Waals surface area contributed by atoms with Crippen LogP contribution in [-0.4, -0.2) is 37.1 Å². The molecule has 0 unspecified atom stereocenters. The number of carbonyl (C=O) groups excluding carboxylic acids is 4. The summed E-state index contributed by atoms with van der Waals surface area (Å²) in [6.07, 6.45) is 14.2. The first-order chi connectivity index (χ1) is 31.7. The van der Waals surface area contributed by atoms with E-state index in [1.165, 1.54) is 99.9 Å². The minimum atomic E-state index is -0.605. The summed E-state index contributed by atoms with van der Waals surface area (Å²) in [6, 6.07) is 34.6. The Bertz CT molecular complexity index is 2470. The Morgan fingerprint density at radius 2 is 0.708 bits per heavy atom. The fourth-order valence-corrected chi connectivity index (χ4v) is 7.10. The van der Waals surface area contributed by atoms with Gasteiger partial charge in [-0.3, -0.25) is 0 Å². The van der Waals surface area contributed by atoms with E-state index in [1.807, 2.05) is 0 Å². The van der Waals surface area contributed by atoms with Gasteiger partial charge in [-0.15, -0.1) is 0 Å². The molecule has 0 heterocycles. The van der Waals surface area contributed by atoms with Gasteiger partial charge in [0.25, 0.3) is 0 Å². The van der Waals surface area contributed by atoms with Gasteiger partial charge in [-0.2, -0.15) is 0 Å². The molecule has 0 aromatic heterocycles. The lowest BCUT2D eigenvalue weighted by Gasteiger charge is -2.12. The highest BCUT2D eigenvalue weighted by Crippen LogP contribution is 2.30. The number of hydrogen-bond acceptors (Lipinski definition) is 10. The Hall–Kier alpha value is -6.94. The third-order valence-corrected chi connectivity index (χ3v) is 10.9. The van der Waals surface area contributed by atoms with E-state index in [-0.39, 0.29) is 28.2 Å². The first-order valence-electron chi connectivity index (χ1n) is 22.8. The van der Waals surface area contributed by atoms with Crippen LogP contribution in [0.2, 0.25) is 0 Å². The van der Waals surface area contributed by atoms with Crippen LogP contribution >= 0.6 is 0 Å². The van der Waals surface area contributed by atoms with Crippen LogP contribution in [0.1, 0.15) is 138 Å². The molecule has 0 amide bonds. The van der Waals surface area contributed by atoms with E-state index in [2.05, 4.69) is 13.8 Å². The van der Waals surface area contributed by atoms with E-state index in [0.29, 0.717) is 47.0 Å². The van der Waals surface area contributed by atoms with Crippen molar-refractivity contribution in [2.45, 2.75) is 97.8 Å². The van der Waals surface area contributed by atoms with Crippen molar-refractivity contribution in [3.8, 4) is 34.5 Å². The van der Waals surface area contributed by atoms with Crippen LogP contribution in [0.15, 0.2) is 127 Å². The van der Waals surface area contributed by atoms with Crippen LogP contribution in [0.4, 0.5) is 0 Å². The van der Waals surface area contributed by atoms with Crippen LogP contribution < -0.4 is 28.4 Å². The highest BCUT2D eigenvalue weighted by molar-refractivity contribution is 5.99. The summed E-state index contributed by atoms with van der Waals surface area (Å²) >= 11 is 0. The van der Waals surface area contributed by atoms with Crippen LogP contribution in [0.3, 0.4) is 0 Å².